The number of amides is 1. The van der Waals surface area contributed by atoms with E-state index in [0.717, 1.165) is 24.2 Å². The number of hydrogen-bond donors (Lipinski definition) is 1. The molecule has 0 saturated carbocycles. The highest BCUT2D eigenvalue weighted by Gasteiger charge is 2.12. The third-order valence-corrected chi connectivity index (χ3v) is 5.37. The standard InChI is InChI=1S/C20H22FNOS/c21-19-8-4-3-7-18(19)14-24-12-11-22-20(23)17-10-9-15-5-1-2-6-16(15)13-17/h3-4,7-10,13H,1-2,5-6,11-12,14H2,(H,22,23). The lowest BCUT2D eigenvalue weighted by molar-refractivity contribution is 0.0956. The molecule has 0 aliphatic heterocycles. The van der Waals surface area contributed by atoms with E-state index in [4.69, 9.17) is 0 Å². The molecule has 1 aliphatic rings. The molecule has 3 rings (SSSR count). The van der Waals surface area contributed by atoms with Crippen LogP contribution in [-0.2, 0) is 18.6 Å². The van der Waals surface area contributed by atoms with Crippen LogP contribution in [0, 0.1) is 5.82 Å². The van der Waals surface area contributed by atoms with Crippen molar-refractivity contribution in [3.05, 3.63) is 70.5 Å². The fraction of sp³-hybridized carbons (Fsp3) is 0.350. The van der Waals surface area contributed by atoms with Gasteiger partial charge in [-0.05, 0) is 60.6 Å². The van der Waals surface area contributed by atoms with Gasteiger partial charge < -0.3 is 5.32 Å². The van der Waals surface area contributed by atoms with Gasteiger partial charge in [0.05, 0.1) is 0 Å². The second-order valence-corrected chi connectivity index (χ2v) is 7.20. The van der Waals surface area contributed by atoms with Crippen LogP contribution in [0.25, 0.3) is 0 Å². The van der Waals surface area contributed by atoms with Gasteiger partial charge in [0.15, 0.2) is 0 Å². The Bertz CT molecular complexity index is 717. The van der Waals surface area contributed by atoms with Gasteiger partial charge >= 0.3 is 0 Å². The normalized spacial score (nSPS) is 13.4. The second-order valence-electron chi connectivity index (χ2n) is 6.09. The van der Waals surface area contributed by atoms with E-state index in [-0.39, 0.29) is 11.7 Å². The highest BCUT2D eigenvalue weighted by molar-refractivity contribution is 7.98. The molecule has 0 heterocycles. The van der Waals surface area contributed by atoms with E-state index in [2.05, 4.69) is 11.4 Å². The van der Waals surface area contributed by atoms with Gasteiger partial charge in [0.2, 0.25) is 0 Å². The topological polar surface area (TPSA) is 29.1 Å². The van der Waals surface area contributed by atoms with E-state index >= 15 is 0 Å². The molecule has 1 N–H and O–H groups in total. The van der Waals surface area contributed by atoms with E-state index < -0.39 is 0 Å². The minimum absolute atomic E-state index is 0.0186. The molecule has 0 radical (unpaired) electrons. The van der Waals surface area contributed by atoms with E-state index in [9.17, 15) is 9.18 Å². The van der Waals surface area contributed by atoms with Crippen LogP contribution in [-0.4, -0.2) is 18.2 Å². The fourth-order valence-corrected chi connectivity index (χ4v) is 3.86. The Morgan fingerprint density at radius 3 is 2.71 bits per heavy atom. The SMILES string of the molecule is O=C(NCCSCc1ccccc1F)c1ccc2c(c1)CCCC2. The van der Waals surface area contributed by atoms with Crippen LogP contribution in [0.15, 0.2) is 42.5 Å². The predicted octanol–water partition coefficient (Wildman–Crippen LogP) is 4.37. The van der Waals surface area contributed by atoms with Crippen molar-refractivity contribution in [1.82, 2.24) is 5.32 Å². The van der Waals surface area contributed by atoms with Crippen molar-refractivity contribution < 1.29 is 9.18 Å². The first-order valence-corrected chi connectivity index (χ1v) is 9.60. The molecule has 24 heavy (non-hydrogen) atoms. The molecular formula is C20H22FNOS. The lowest BCUT2D eigenvalue weighted by Crippen LogP contribution is -2.26. The molecule has 0 fully saturated rings. The van der Waals surface area contributed by atoms with Crippen LogP contribution in [0.5, 0.6) is 0 Å². The zero-order chi connectivity index (χ0) is 16.8. The molecule has 0 aromatic heterocycles. The number of hydrogen-bond acceptors (Lipinski definition) is 2. The van der Waals surface area contributed by atoms with Gasteiger partial charge in [-0.3, -0.25) is 4.79 Å². The summed E-state index contributed by atoms with van der Waals surface area (Å²) in [6, 6.07) is 12.9. The van der Waals surface area contributed by atoms with E-state index in [0.29, 0.717) is 17.9 Å². The van der Waals surface area contributed by atoms with Gasteiger partial charge in [-0.2, -0.15) is 11.8 Å². The van der Waals surface area contributed by atoms with Crippen molar-refractivity contribution in [1.29, 1.82) is 0 Å². The van der Waals surface area contributed by atoms with Crippen molar-refractivity contribution in [2.24, 2.45) is 0 Å². The largest absolute Gasteiger partial charge is 0.351 e. The average molecular weight is 343 g/mol. The van der Waals surface area contributed by atoms with Gasteiger partial charge in [0.1, 0.15) is 5.82 Å². The van der Waals surface area contributed by atoms with Crippen molar-refractivity contribution in [2.45, 2.75) is 31.4 Å². The highest BCUT2D eigenvalue weighted by Crippen LogP contribution is 2.22. The van der Waals surface area contributed by atoms with E-state index in [1.165, 1.54) is 30.0 Å². The molecule has 0 atom stereocenters. The number of fused-ring (bicyclic) bond motifs is 1. The van der Waals surface area contributed by atoms with Crippen molar-refractivity contribution >= 4 is 17.7 Å². The van der Waals surface area contributed by atoms with Gasteiger partial charge in [-0.25, -0.2) is 4.39 Å². The smallest absolute Gasteiger partial charge is 0.251 e. The van der Waals surface area contributed by atoms with Crippen LogP contribution in [0.3, 0.4) is 0 Å². The average Bonchev–Trinajstić information content (AvgIpc) is 2.62. The predicted molar refractivity (Wildman–Crippen MR) is 98.0 cm³/mol. The summed E-state index contributed by atoms with van der Waals surface area (Å²) in [5.41, 5.74) is 4.17. The summed E-state index contributed by atoms with van der Waals surface area (Å²) in [5.74, 6) is 1.21. The van der Waals surface area contributed by atoms with Crippen molar-refractivity contribution in [3.8, 4) is 0 Å². The zero-order valence-corrected chi connectivity index (χ0v) is 14.5. The number of carbonyl (C=O) groups is 1. The van der Waals surface area contributed by atoms with Crippen LogP contribution < -0.4 is 5.32 Å². The third kappa shape index (κ3) is 4.38. The van der Waals surface area contributed by atoms with Crippen LogP contribution in [0.2, 0.25) is 0 Å². The molecule has 0 spiro atoms. The first-order chi connectivity index (χ1) is 11.7. The maximum atomic E-state index is 13.5. The Balaban J connectivity index is 1.43. The van der Waals surface area contributed by atoms with E-state index in [1.54, 1.807) is 23.9 Å². The molecule has 1 aliphatic carbocycles. The number of nitrogens with one attached hydrogen (secondary N) is 1. The zero-order valence-electron chi connectivity index (χ0n) is 13.7. The first kappa shape index (κ1) is 17.0. The number of benzene rings is 2. The summed E-state index contributed by atoms with van der Waals surface area (Å²) >= 11 is 1.63. The molecule has 4 heteroatoms. The monoisotopic (exact) mass is 343 g/mol. The summed E-state index contributed by atoms with van der Waals surface area (Å²) in [6.45, 7) is 0.592. The molecule has 0 bridgehead atoms. The number of rotatable bonds is 6. The van der Waals surface area contributed by atoms with Gasteiger partial charge in [-0.15, -0.1) is 0 Å². The first-order valence-electron chi connectivity index (χ1n) is 8.45. The van der Waals surface area contributed by atoms with Crippen LogP contribution >= 0.6 is 11.8 Å². The van der Waals surface area contributed by atoms with Crippen LogP contribution in [0.4, 0.5) is 4.39 Å². The van der Waals surface area contributed by atoms with Gasteiger partial charge in [0.25, 0.3) is 5.91 Å². The second kappa shape index (κ2) is 8.34. The van der Waals surface area contributed by atoms with Crippen molar-refractivity contribution in [2.75, 3.05) is 12.3 Å². The maximum absolute atomic E-state index is 13.5. The maximum Gasteiger partial charge on any atom is 0.251 e. The molecule has 2 aromatic carbocycles. The number of thioether (sulfide) groups is 1. The minimum Gasteiger partial charge on any atom is -0.351 e. The molecule has 2 aromatic rings. The molecule has 0 saturated heterocycles. The quantitative estimate of drug-likeness (QED) is 0.789. The Morgan fingerprint density at radius 1 is 1.08 bits per heavy atom. The molecule has 126 valence electrons. The van der Waals surface area contributed by atoms with E-state index in [1.807, 2.05) is 18.2 Å². The summed E-state index contributed by atoms with van der Waals surface area (Å²) in [7, 11) is 0. The summed E-state index contributed by atoms with van der Waals surface area (Å²) in [6.07, 6.45) is 4.67. The highest BCUT2D eigenvalue weighted by atomic mass is 32.2. The summed E-state index contributed by atoms with van der Waals surface area (Å²) < 4.78 is 13.5. The molecular weight excluding hydrogens is 321 g/mol. The summed E-state index contributed by atoms with van der Waals surface area (Å²) in [4.78, 5) is 12.2. The number of halogens is 1. The van der Waals surface area contributed by atoms with Crippen LogP contribution in [0.1, 0.15) is 39.9 Å². The Labute approximate surface area is 146 Å². The summed E-state index contributed by atoms with van der Waals surface area (Å²) in [5, 5.41) is 2.95. The molecule has 0 unspecified atom stereocenters. The molecule has 1 amide bonds. The third-order valence-electron chi connectivity index (χ3n) is 4.36. The minimum atomic E-state index is -0.164. The lowest BCUT2D eigenvalue weighted by Gasteiger charge is -2.16. The Hall–Kier alpha value is -1.81. The van der Waals surface area contributed by atoms with Crippen molar-refractivity contribution in [3.63, 3.8) is 0 Å². The lowest BCUT2D eigenvalue weighted by atomic mass is 9.90. The Kier molecular flexibility index (Phi) is 5.91. The fourth-order valence-electron chi connectivity index (χ4n) is 3.01. The Morgan fingerprint density at radius 2 is 1.88 bits per heavy atom. The van der Waals surface area contributed by atoms with Gasteiger partial charge in [-0.1, -0.05) is 24.3 Å². The van der Waals surface area contributed by atoms with Gasteiger partial charge in [0, 0.05) is 23.6 Å². The number of aryl methyl sites for hydroxylation is 2. The number of carbonyl (C=O) groups excluding carboxylic acids is 1. The molecule has 2 nitrogen and oxygen atoms in total.